The first-order valence-electron chi connectivity index (χ1n) is 25.3. The first-order valence-corrected chi connectivity index (χ1v) is 25.3. The van der Waals surface area contributed by atoms with Crippen LogP contribution in [0.1, 0.15) is 78.4 Å². The highest BCUT2D eigenvalue weighted by atomic mass is 16.8. The van der Waals surface area contributed by atoms with Crippen molar-refractivity contribution < 1.29 is 76.1 Å². The summed E-state index contributed by atoms with van der Waals surface area (Å²) >= 11 is 0. The second kappa shape index (κ2) is 29.8. The molecule has 18 atom stereocenters. The van der Waals surface area contributed by atoms with Gasteiger partial charge in [0.1, 0.15) is 37.1 Å². The largest absolute Gasteiger partial charge is 0.459 e. The molecule has 428 valence electrons. The van der Waals surface area contributed by atoms with E-state index in [1.54, 1.807) is 13.8 Å². The van der Waals surface area contributed by atoms with E-state index >= 15 is 0 Å². The van der Waals surface area contributed by atoms with E-state index in [0.717, 1.165) is 38.8 Å². The van der Waals surface area contributed by atoms with E-state index in [4.69, 9.17) is 52.1 Å². The normalized spacial score (nSPS) is 31.0. The highest BCUT2D eigenvalue weighted by Crippen LogP contribution is 2.41. The lowest BCUT2D eigenvalue weighted by Crippen LogP contribution is -2.62. The second-order valence-corrected chi connectivity index (χ2v) is 18.8. The van der Waals surface area contributed by atoms with Gasteiger partial charge in [-0.3, -0.25) is 24.1 Å². The van der Waals surface area contributed by atoms with E-state index in [-0.39, 0.29) is 38.8 Å². The molecule has 0 aromatic heterocycles. The van der Waals surface area contributed by atoms with E-state index in [2.05, 4.69) is 50.1 Å². The van der Waals surface area contributed by atoms with Crippen molar-refractivity contribution >= 4 is 30.0 Å². The topological polar surface area (TPSA) is 434 Å². The Hall–Kier alpha value is -8.10. The van der Waals surface area contributed by atoms with Crippen molar-refractivity contribution in [3.05, 3.63) is 124 Å². The number of carbonyl (C=O) groups excluding carboxylic acids is 5. The summed E-state index contributed by atoms with van der Waals surface area (Å²) in [6.45, 7) is 7.16. The number of carbonyl (C=O) groups is 5. The maximum absolute atomic E-state index is 14.1. The summed E-state index contributed by atoms with van der Waals surface area (Å²) in [6.07, 6.45) is -20.0. The third kappa shape index (κ3) is 16.0. The molecule has 4 fully saturated rings. The predicted octanol–water partition coefficient (Wildman–Crippen LogP) is 7.89. The minimum atomic E-state index is -1.76. The summed E-state index contributed by atoms with van der Waals surface area (Å²) < 4.78 is 67.6. The fraction of sp³-hybridized carbons (Fsp3) is 0.646. The molecular weight excluding hydrogens is 1060 g/mol. The summed E-state index contributed by atoms with van der Waals surface area (Å²) in [6, 6.07) is 12.1. The highest BCUT2D eigenvalue weighted by molar-refractivity contribution is 5.69. The summed E-state index contributed by atoms with van der Waals surface area (Å²) in [7, 11) is 0. The molecule has 0 spiro atoms. The number of benzene rings is 2. The molecule has 3 aliphatic heterocycles. The SMILES string of the molecule is CC[C@H]1O[C@@H](O[C@@H]2[C@@H](OC(C)=O)[C@H](N=[N+]=[N-])C[C@H](N=[N+]=[N-])[C@H]2O[C@H]2O[C@H]([C@H](C)N(Cc3ccccc3)C(=O)OCc3ccccc3)CC[C@H]2N=[N+]=[N-])[C@H](OC(C)=O)[C@@H]1O[C@H]1O[C@@H](CN=[N+]=[N-])[C@@H](OC(C)=O)[C@H](OC(C)=O)[C@H]1N=[N+]=[N-]. The van der Waals surface area contributed by atoms with Crippen LogP contribution in [-0.4, -0.2) is 152 Å². The van der Waals surface area contributed by atoms with Crippen LogP contribution in [0, 0.1) is 0 Å². The number of nitrogens with zero attached hydrogens (tertiary/aromatic N) is 16. The van der Waals surface area contributed by atoms with Gasteiger partial charge in [-0.1, -0.05) is 93.2 Å². The van der Waals surface area contributed by atoms with Crippen LogP contribution in [0.25, 0.3) is 52.2 Å². The Kier molecular flexibility index (Phi) is 22.7. The van der Waals surface area contributed by atoms with Gasteiger partial charge < -0.3 is 52.1 Å². The maximum atomic E-state index is 14.1. The molecule has 32 heteroatoms. The van der Waals surface area contributed by atoms with Gasteiger partial charge in [0.05, 0.1) is 49.0 Å². The number of azide groups is 5. The van der Waals surface area contributed by atoms with Gasteiger partial charge in [0, 0.05) is 58.8 Å². The van der Waals surface area contributed by atoms with E-state index in [0.29, 0.717) is 0 Å². The molecule has 2 aromatic carbocycles. The van der Waals surface area contributed by atoms with Gasteiger partial charge in [-0.25, -0.2) is 4.79 Å². The van der Waals surface area contributed by atoms with Gasteiger partial charge in [0.15, 0.2) is 37.2 Å². The average molecular weight is 1120 g/mol. The quantitative estimate of drug-likeness (QED) is 0.0335. The van der Waals surface area contributed by atoms with E-state index in [1.807, 2.05) is 60.7 Å². The third-order valence-corrected chi connectivity index (χ3v) is 13.4. The molecule has 1 amide bonds. The van der Waals surface area contributed by atoms with E-state index in [9.17, 15) is 51.6 Å². The van der Waals surface area contributed by atoms with Crippen molar-refractivity contribution in [2.75, 3.05) is 6.54 Å². The molecule has 3 heterocycles. The second-order valence-electron chi connectivity index (χ2n) is 18.8. The summed E-state index contributed by atoms with van der Waals surface area (Å²) in [5.41, 5.74) is 50.1. The van der Waals surface area contributed by atoms with Crippen LogP contribution in [0.2, 0.25) is 0 Å². The van der Waals surface area contributed by atoms with Gasteiger partial charge in [-0.15, -0.1) is 0 Å². The molecular formula is C48H60N16O16. The number of rotatable bonds is 23. The van der Waals surface area contributed by atoms with Crippen molar-refractivity contribution in [1.82, 2.24) is 4.90 Å². The van der Waals surface area contributed by atoms with Gasteiger partial charge in [0.2, 0.25) is 0 Å². The number of amides is 1. The minimum Gasteiger partial charge on any atom is -0.459 e. The molecule has 0 radical (unpaired) electrons. The van der Waals surface area contributed by atoms with Gasteiger partial charge >= 0.3 is 30.0 Å². The van der Waals surface area contributed by atoms with Crippen LogP contribution in [0.15, 0.2) is 86.2 Å². The van der Waals surface area contributed by atoms with E-state index in [1.165, 1.54) is 4.90 Å². The number of esters is 4. The first kappa shape index (κ1) is 61.1. The first-order chi connectivity index (χ1) is 38.5. The molecule has 3 saturated heterocycles. The Morgan fingerprint density at radius 2 is 1.10 bits per heavy atom. The Labute approximate surface area is 456 Å². The van der Waals surface area contributed by atoms with Gasteiger partial charge in [-0.2, -0.15) is 0 Å². The fourth-order valence-electron chi connectivity index (χ4n) is 9.96. The molecule has 4 aliphatic rings. The molecule has 2 aromatic rings. The summed E-state index contributed by atoms with van der Waals surface area (Å²) in [4.78, 5) is 81.1. The summed E-state index contributed by atoms with van der Waals surface area (Å²) in [5.74, 6) is -3.57. The lowest BCUT2D eigenvalue weighted by molar-refractivity contribution is -0.294. The molecule has 32 nitrogen and oxygen atoms in total. The van der Waals surface area contributed by atoms with Crippen LogP contribution in [-0.2, 0) is 84.4 Å². The fourth-order valence-corrected chi connectivity index (χ4v) is 9.96. The molecule has 80 heavy (non-hydrogen) atoms. The average Bonchev–Trinajstić information content (AvgIpc) is 3.74. The molecule has 0 bridgehead atoms. The van der Waals surface area contributed by atoms with Crippen molar-refractivity contribution in [3.8, 4) is 0 Å². The Morgan fingerprint density at radius 3 is 1.69 bits per heavy atom. The third-order valence-electron chi connectivity index (χ3n) is 13.4. The van der Waals surface area contributed by atoms with Crippen LogP contribution in [0.3, 0.4) is 0 Å². The maximum Gasteiger partial charge on any atom is 0.410 e. The van der Waals surface area contributed by atoms with Crippen LogP contribution in [0.5, 0.6) is 0 Å². The van der Waals surface area contributed by atoms with Crippen molar-refractivity contribution in [3.63, 3.8) is 0 Å². The smallest absolute Gasteiger partial charge is 0.410 e. The molecule has 6 rings (SSSR count). The predicted molar refractivity (Wildman–Crippen MR) is 271 cm³/mol. The number of ether oxygens (including phenoxy) is 11. The number of hydrogen-bond donors (Lipinski definition) is 0. The zero-order valence-corrected chi connectivity index (χ0v) is 44.3. The molecule has 0 unspecified atom stereocenters. The zero-order chi connectivity index (χ0) is 57.9. The van der Waals surface area contributed by atoms with Crippen molar-refractivity contribution in [2.24, 2.45) is 25.6 Å². The Morgan fingerprint density at radius 1 is 0.575 bits per heavy atom. The van der Waals surface area contributed by atoms with Gasteiger partial charge in [0.25, 0.3) is 0 Å². The van der Waals surface area contributed by atoms with Crippen LogP contribution >= 0.6 is 0 Å². The zero-order valence-electron chi connectivity index (χ0n) is 44.3. The standard InChI is InChI=1S/C48H60N16O16/c1-7-34-40(79-46-37(58-63-53)42(73-27(5)67)41(72-26(4)66)36(77-46)21-54-59-49)44(74-28(6)68)47(75-34)80-43-38(71-25(3)65)32(56-61-51)20-33(57-62-52)39(43)78-45-31(55-60-50)18-19-35(76-45)24(2)64(22-29-14-10-8-11-15-29)48(69)70-23-30-16-12-9-13-17-30/h8-17,24,31-47H,7,18-23H2,1-6H3/t24-,31+,32+,33-,34+,35-,36-,37+,38-,39+,40+,41+,42+,43+,44+,45+,46+,47-/m0/s1. The Bertz CT molecular complexity index is 2720. The Balaban J connectivity index is 1.38. The molecule has 1 saturated carbocycles. The lowest BCUT2D eigenvalue weighted by atomic mass is 9.83. The van der Waals surface area contributed by atoms with Crippen molar-refractivity contribution in [2.45, 2.75) is 190 Å². The number of hydrogen-bond acceptors (Lipinski definition) is 21. The molecule has 1 aliphatic carbocycles. The molecule has 0 N–H and O–H groups in total. The monoisotopic (exact) mass is 1120 g/mol. The van der Waals surface area contributed by atoms with Gasteiger partial charge in [-0.05, 0) is 71.4 Å². The minimum absolute atomic E-state index is 0.0361. The van der Waals surface area contributed by atoms with Crippen molar-refractivity contribution in [1.29, 1.82) is 0 Å². The lowest BCUT2D eigenvalue weighted by Gasteiger charge is -2.47. The highest BCUT2D eigenvalue weighted by Gasteiger charge is 2.58. The van der Waals surface area contributed by atoms with Crippen LogP contribution in [0.4, 0.5) is 4.79 Å². The summed E-state index contributed by atoms with van der Waals surface area (Å²) in [5, 5.41) is 19.1. The van der Waals surface area contributed by atoms with Crippen LogP contribution < -0.4 is 0 Å². The van der Waals surface area contributed by atoms with E-state index < -0.39 is 147 Å².